The van der Waals surface area contributed by atoms with Gasteiger partial charge in [0.2, 0.25) is 0 Å². The summed E-state index contributed by atoms with van der Waals surface area (Å²) in [4.78, 5) is 8.77. The van der Waals surface area contributed by atoms with Gasteiger partial charge in [0.1, 0.15) is 11.8 Å². The van der Waals surface area contributed by atoms with Crippen molar-refractivity contribution in [2.75, 3.05) is 13.2 Å². The van der Waals surface area contributed by atoms with Crippen LogP contribution < -0.4 is 0 Å². The number of pyridine rings is 1. The van der Waals surface area contributed by atoms with Crippen molar-refractivity contribution >= 4 is 0 Å². The van der Waals surface area contributed by atoms with Crippen LogP contribution in [0.2, 0.25) is 0 Å². The molecule has 0 bridgehead atoms. The molecular weight excluding hydrogens is 252 g/mol. The molecule has 5 heteroatoms. The minimum atomic E-state index is 0.451. The zero-order valence-corrected chi connectivity index (χ0v) is 11.2. The molecule has 3 rings (SSSR count). The van der Waals surface area contributed by atoms with Crippen LogP contribution in [0.3, 0.4) is 0 Å². The van der Waals surface area contributed by atoms with Gasteiger partial charge in [0.15, 0.2) is 0 Å². The molecule has 1 aliphatic rings. The molecule has 0 amide bonds. The summed E-state index contributed by atoms with van der Waals surface area (Å²) in [5.41, 5.74) is 2.46. The highest BCUT2D eigenvalue weighted by Crippen LogP contribution is 2.25. The standard InChI is InChI=1S/C15H16N4O/c16-8-13-2-1-3-14(18-13)9-19-10-15(17-11-19)12-4-6-20-7-5-12/h1-3,10-12H,4-7,9H2. The lowest BCUT2D eigenvalue weighted by atomic mass is 9.97. The molecule has 2 aromatic rings. The lowest BCUT2D eigenvalue weighted by molar-refractivity contribution is 0.0845. The lowest BCUT2D eigenvalue weighted by Crippen LogP contribution is -2.14. The zero-order valence-electron chi connectivity index (χ0n) is 11.2. The first kappa shape index (κ1) is 12.8. The topological polar surface area (TPSA) is 63.7 Å². The number of aromatic nitrogens is 3. The van der Waals surface area contributed by atoms with Gasteiger partial charge in [-0.2, -0.15) is 5.26 Å². The van der Waals surface area contributed by atoms with Crippen LogP contribution >= 0.6 is 0 Å². The Bertz CT molecular complexity index is 623. The van der Waals surface area contributed by atoms with Crippen LogP contribution in [0.4, 0.5) is 0 Å². The molecule has 5 nitrogen and oxygen atoms in total. The minimum Gasteiger partial charge on any atom is -0.381 e. The molecule has 0 N–H and O–H groups in total. The normalized spacial score (nSPS) is 15.9. The maximum absolute atomic E-state index is 8.86. The van der Waals surface area contributed by atoms with E-state index in [-0.39, 0.29) is 0 Å². The smallest absolute Gasteiger partial charge is 0.140 e. The van der Waals surface area contributed by atoms with E-state index in [0.717, 1.165) is 37.4 Å². The third kappa shape index (κ3) is 2.86. The van der Waals surface area contributed by atoms with E-state index in [1.807, 2.05) is 23.0 Å². The van der Waals surface area contributed by atoms with Crippen molar-refractivity contribution in [2.45, 2.75) is 25.3 Å². The van der Waals surface area contributed by atoms with E-state index in [1.165, 1.54) is 0 Å². The van der Waals surface area contributed by atoms with Crippen molar-refractivity contribution in [3.05, 3.63) is 47.8 Å². The Kier molecular flexibility index (Phi) is 3.75. The monoisotopic (exact) mass is 268 g/mol. The Balaban J connectivity index is 1.71. The van der Waals surface area contributed by atoms with Crippen molar-refractivity contribution in [3.63, 3.8) is 0 Å². The zero-order chi connectivity index (χ0) is 13.8. The average molecular weight is 268 g/mol. The van der Waals surface area contributed by atoms with E-state index < -0.39 is 0 Å². The van der Waals surface area contributed by atoms with Gasteiger partial charge in [-0.3, -0.25) is 0 Å². The predicted octanol–water partition coefficient (Wildman–Crippen LogP) is 2.09. The summed E-state index contributed by atoms with van der Waals surface area (Å²) in [7, 11) is 0. The van der Waals surface area contributed by atoms with Crippen molar-refractivity contribution in [3.8, 4) is 6.07 Å². The molecule has 0 atom stereocenters. The quantitative estimate of drug-likeness (QED) is 0.855. The van der Waals surface area contributed by atoms with Crippen LogP contribution in [-0.4, -0.2) is 27.7 Å². The van der Waals surface area contributed by atoms with Crippen LogP contribution in [0.1, 0.15) is 35.8 Å². The molecule has 20 heavy (non-hydrogen) atoms. The van der Waals surface area contributed by atoms with Gasteiger partial charge >= 0.3 is 0 Å². The summed E-state index contributed by atoms with van der Waals surface area (Å²) in [6, 6.07) is 7.56. The molecule has 3 heterocycles. The predicted molar refractivity (Wildman–Crippen MR) is 73.1 cm³/mol. The van der Waals surface area contributed by atoms with Gasteiger partial charge in [0.05, 0.1) is 24.3 Å². The molecule has 0 saturated carbocycles. The summed E-state index contributed by atoms with van der Waals surface area (Å²) in [5, 5.41) is 8.86. The highest BCUT2D eigenvalue weighted by Gasteiger charge is 2.18. The van der Waals surface area contributed by atoms with E-state index in [9.17, 15) is 0 Å². The summed E-state index contributed by atoms with van der Waals surface area (Å²) in [6.45, 7) is 2.29. The molecule has 1 saturated heterocycles. The van der Waals surface area contributed by atoms with Gasteiger partial charge in [0, 0.05) is 25.3 Å². The summed E-state index contributed by atoms with van der Waals surface area (Å²) < 4.78 is 7.40. The van der Waals surface area contributed by atoms with Crippen molar-refractivity contribution in [2.24, 2.45) is 0 Å². The van der Waals surface area contributed by atoms with Gasteiger partial charge in [-0.1, -0.05) is 6.07 Å². The average Bonchev–Trinajstić information content (AvgIpc) is 2.97. The van der Waals surface area contributed by atoms with Crippen molar-refractivity contribution < 1.29 is 4.74 Å². The van der Waals surface area contributed by atoms with Gasteiger partial charge in [-0.25, -0.2) is 9.97 Å². The SMILES string of the molecule is N#Cc1cccc(Cn2cnc(C3CCOCC3)c2)n1. The first-order valence-electron chi connectivity index (χ1n) is 6.80. The molecule has 0 aliphatic carbocycles. The molecular formula is C15H16N4O. The first-order valence-corrected chi connectivity index (χ1v) is 6.80. The number of imidazole rings is 1. The Hall–Kier alpha value is -2.19. The second kappa shape index (κ2) is 5.85. The number of rotatable bonds is 3. The van der Waals surface area contributed by atoms with Crippen molar-refractivity contribution in [1.82, 2.24) is 14.5 Å². The molecule has 1 fully saturated rings. The first-order chi connectivity index (χ1) is 9.85. The second-order valence-electron chi connectivity index (χ2n) is 4.98. The number of nitriles is 1. The fourth-order valence-corrected chi connectivity index (χ4v) is 2.48. The van der Waals surface area contributed by atoms with Gasteiger partial charge < -0.3 is 9.30 Å². The molecule has 0 radical (unpaired) electrons. The highest BCUT2D eigenvalue weighted by molar-refractivity contribution is 5.22. The Morgan fingerprint density at radius 2 is 2.20 bits per heavy atom. The molecule has 102 valence electrons. The summed E-state index contributed by atoms with van der Waals surface area (Å²) >= 11 is 0. The molecule has 0 aromatic carbocycles. The summed E-state index contributed by atoms with van der Waals surface area (Å²) in [6.07, 6.45) is 6.00. The number of hydrogen-bond donors (Lipinski definition) is 0. The van der Waals surface area contributed by atoms with Crippen LogP contribution in [-0.2, 0) is 11.3 Å². The Morgan fingerprint density at radius 1 is 1.35 bits per heavy atom. The van der Waals surface area contributed by atoms with E-state index >= 15 is 0 Å². The largest absolute Gasteiger partial charge is 0.381 e. The van der Waals surface area contributed by atoms with Crippen LogP contribution in [0.5, 0.6) is 0 Å². The number of hydrogen-bond acceptors (Lipinski definition) is 4. The summed E-state index contributed by atoms with van der Waals surface area (Å²) in [5.74, 6) is 0.503. The molecule has 2 aromatic heterocycles. The Labute approximate surface area is 117 Å². The van der Waals surface area contributed by atoms with E-state index in [4.69, 9.17) is 10.00 Å². The minimum absolute atomic E-state index is 0.451. The van der Waals surface area contributed by atoms with E-state index in [1.54, 1.807) is 6.07 Å². The number of nitrogens with zero attached hydrogens (tertiary/aromatic N) is 4. The second-order valence-corrected chi connectivity index (χ2v) is 4.98. The molecule has 0 unspecified atom stereocenters. The van der Waals surface area contributed by atoms with Gasteiger partial charge in [-0.15, -0.1) is 0 Å². The highest BCUT2D eigenvalue weighted by atomic mass is 16.5. The lowest BCUT2D eigenvalue weighted by Gasteiger charge is -2.19. The fourth-order valence-electron chi connectivity index (χ4n) is 2.48. The third-order valence-corrected chi connectivity index (χ3v) is 3.56. The van der Waals surface area contributed by atoms with Crippen LogP contribution in [0, 0.1) is 11.3 Å². The molecule has 0 spiro atoms. The van der Waals surface area contributed by atoms with E-state index in [0.29, 0.717) is 18.2 Å². The fraction of sp³-hybridized carbons (Fsp3) is 0.400. The van der Waals surface area contributed by atoms with Crippen LogP contribution in [0.25, 0.3) is 0 Å². The van der Waals surface area contributed by atoms with Gasteiger partial charge in [0.25, 0.3) is 0 Å². The number of ether oxygens (including phenoxy) is 1. The van der Waals surface area contributed by atoms with Crippen LogP contribution in [0.15, 0.2) is 30.7 Å². The van der Waals surface area contributed by atoms with Crippen molar-refractivity contribution in [1.29, 1.82) is 5.26 Å². The Morgan fingerprint density at radius 3 is 3.00 bits per heavy atom. The maximum Gasteiger partial charge on any atom is 0.140 e. The maximum atomic E-state index is 8.86. The molecule has 1 aliphatic heterocycles. The third-order valence-electron chi connectivity index (χ3n) is 3.56. The van der Waals surface area contributed by atoms with E-state index in [2.05, 4.69) is 22.2 Å². The van der Waals surface area contributed by atoms with Gasteiger partial charge in [-0.05, 0) is 25.0 Å².